The van der Waals surface area contributed by atoms with Crippen LogP contribution in [0.2, 0.25) is 0 Å². The molecule has 1 aliphatic rings. The molecule has 11 heteroatoms. The molecule has 1 aromatic carbocycles. The number of aromatic nitrogens is 1. The molecule has 2 atom stereocenters. The molecule has 2 amide bonds. The number of anilines is 1. The Kier molecular flexibility index (Phi) is 7.30. The highest BCUT2D eigenvalue weighted by molar-refractivity contribution is 5.96. The maximum Gasteiger partial charge on any atom is 0.421 e. The van der Waals surface area contributed by atoms with Gasteiger partial charge in [-0.25, -0.2) is 9.78 Å². The minimum absolute atomic E-state index is 0.00511. The van der Waals surface area contributed by atoms with Crippen LogP contribution in [-0.4, -0.2) is 34.8 Å². The van der Waals surface area contributed by atoms with E-state index in [9.17, 15) is 22.8 Å². The Labute approximate surface area is 201 Å². The molecule has 190 valence electrons. The summed E-state index contributed by atoms with van der Waals surface area (Å²) < 4.78 is 56.4. The monoisotopic (exact) mass is 495 g/mol. The number of carbonyl (C=O) groups excluding carboxylic acids is 2. The Morgan fingerprint density at radius 3 is 2.49 bits per heavy atom. The van der Waals surface area contributed by atoms with E-state index < -0.39 is 35.4 Å². The number of amides is 2. The second kappa shape index (κ2) is 9.73. The van der Waals surface area contributed by atoms with Crippen LogP contribution in [-0.2, 0) is 26.5 Å². The van der Waals surface area contributed by atoms with Crippen LogP contribution >= 0.6 is 0 Å². The van der Waals surface area contributed by atoms with Crippen molar-refractivity contribution in [3.05, 3.63) is 47.7 Å². The van der Waals surface area contributed by atoms with Gasteiger partial charge in [-0.05, 0) is 57.9 Å². The Bertz CT molecular complexity index is 1080. The van der Waals surface area contributed by atoms with Gasteiger partial charge in [0.05, 0.1) is 18.5 Å². The van der Waals surface area contributed by atoms with Crippen molar-refractivity contribution in [2.45, 2.75) is 71.1 Å². The summed E-state index contributed by atoms with van der Waals surface area (Å²) in [6.45, 7) is 7.73. The Balaban J connectivity index is 1.64. The Morgan fingerprint density at radius 1 is 1.20 bits per heavy atom. The van der Waals surface area contributed by atoms with E-state index in [4.69, 9.17) is 14.2 Å². The van der Waals surface area contributed by atoms with Gasteiger partial charge in [-0.15, -0.1) is 0 Å². The summed E-state index contributed by atoms with van der Waals surface area (Å²) in [5.41, 5.74) is -2.33. The average molecular weight is 495 g/mol. The fraction of sp³-hybridized carbons (Fsp3) is 0.458. The number of alkyl halides is 3. The van der Waals surface area contributed by atoms with Gasteiger partial charge in [0, 0.05) is 11.6 Å². The fourth-order valence-corrected chi connectivity index (χ4v) is 3.39. The Hall–Kier alpha value is -3.34. The van der Waals surface area contributed by atoms with Gasteiger partial charge in [0.1, 0.15) is 17.4 Å². The molecule has 1 aromatic heterocycles. The van der Waals surface area contributed by atoms with Crippen molar-refractivity contribution in [3.8, 4) is 11.6 Å². The van der Waals surface area contributed by atoms with Crippen molar-refractivity contribution < 1.29 is 37.0 Å². The number of hydrogen-bond donors (Lipinski definition) is 2. The quantitative estimate of drug-likeness (QED) is 0.555. The zero-order valence-corrected chi connectivity index (χ0v) is 20.1. The first-order valence-corrected chi connectivity index (χ1v) is 11.0. The predicted molar refractivity (Wildman–Crippen MR) is 121 cm³/mol. The Morgan fingerprint density at radius 2 is 1.91 bits per heavy atom. The molecule has 0 fully saturated rings. The van der Waals surface area contributed by atoms with Gasteiger partial charge < -0.3 is 24.8 Å². The summed E-state index contributed by atoms with van der Waals surface area (Å²) >= 11 is 0. The second-order valence-electron chi connectivity index (χ2n) is 9.22. The molecule has 8 nitrogen and oxygen atoms in total. The number of carbonyl (C=O) groups is 2. The van der Waals surface area contributed by atoms with E-state index >= 15 is 0 Å². The first kappa shape index (κ1) is 26.3. The van der Waals surface area contributed by atoms with Crippen molar-refractivity contribution >= 4 is 17.7 Å². The summed E-state index contributed by atoms with van der Waals surface area (Å²) in [6, 6.07) is 6.52. The number of alkyl carbamates (subject to hydrolysis) is 1. The number of halogens is 3. The molecule has 2 N–H and O–H groups in total. The van der Waals surface area contributed by atoms with Crippen LogP contribution in [0.1, 0.15) is 52.2 Å². The highest BCUT2D eigenvalue weighted by Crippen LogP contribution is 2.48. The molecule has 0 saturated heterocycles. The molecule has 0 spiro atoms. The molecule has 0 aliphatic carbocycles. The van der Waals surface area contributed by atoms with Gasteiger partial charge in [0.15, 0.2) is 5.60 Å². The molecular weight excluding hydrogens is 467 g/mol. The zero-order valence-electron chi connectivity index (χ0n) is 20.1. The second-order valence-corrected chi connectivity index (χ2v) is 9.22. The summed E-state index contributed by atoms with van der Waals surface area (Å²) in [6.07, 6.45) is -3.62. The molecule has 2 heterocycles. The van der Waals surface area contributed by atoms with Crippen LogP contribution in [0.5, 0.6) is 11.6 Å². The summed E-state index contributed by atoms with van der Waals surface area (Å²) in [5, 5.41) is 5.16. The minimum Gasteiger partial charge on any atom is -0.444 e. The number of pyridine rings is 1. The molecule has 1 aliphatic heterocycles. The maximum atomic E-state index is 13.5. The fourth-order valence-electron chi connectivity index (χ4n) is 3.39. The van der Waals surface area contributed by atoms with E-state index in [0.29, 0.717) is 17.7 Å². The third-order valence-electron chi connectivity index (χ3n) is 5.29. The van der Waals surface area contributed by atoms with Crippen molar-refractivity contribution in [2.75, 3.05) is 5.32 Å². The molecule has 3 rings (SSSR count). The maximum absolute atomic E-state index is 13.5. The lowest BCUT2D eigenvalue weighted by Gasteiger charge is -2.27. The van der Waals surface area contributed by atoms with Gasteiger partial charge >= 0.3 is 12.3 Å². The summed E-state index contributed by atoms with van der Waals surface area (Å²) in [5.74, 6) is -0.171. The highest BCUT2D eigenvalue weighted by Gasteiger charge is 2.57. The third kappa shape index (κ3) is 6.21. The van der Waals surface area contributed by atoms with Crippen LogP contribution in [0, 0.1) is 0 Å². The number of fused-ring (bicyclic) bond motifs is 1. The highest BCUT2D eigenvalue weighted by atomic mass is 19.4. The standard InChI is InChI=1S/C24H28F3N3O5/c1-6-18(30-21(32)35-22(2,3)4)20(31)29-15-8-10-19(28-12-15)34-16-9-7-14-13-33-23(5,17(14)11-16)24(25,26)27/h7-12,18H,6,13H2,1-5H3,(H,29,31)(H,30,32)/t18-,23?/m1/s1. The summed E-state index contributed by atoms with van der Waals surface area (Å²) in [4.78, 5) is 28.6. The zero-order chi connectivity index (χ0) is 26.0. The van der Waals surface area contributed by atoms with Crippen LogP contribution in [0.4, 0.5) is 23.7 Å². The van der Waals surface area contributed by atoms with E-state index in [1.165, 1.54) is 36.5 Å². The number of ether oxygens (including phenoxy) is 3. The average Bonchev–Trinajstić information content (AvgIpc) is 3.09. The first-order valence-electron chi connectivity index (χ1n) is 11.0. The van der Waals surface area contributed by atoms with Crippen LogP contribution in [0.3, 0.4) is 0 Å². The molecule has 35 heavy (non-hydrogen) atoms. The SMILES string of the molecule is CC[C@@H](NC(=O)OC(C)(C)C)C(=O)Nc1ccc(Oc2ccc3c(c2)C(C)(C(F)(F)F)OC3)nc1. The molecule has 0 bridgehead atoms. The van der Waals surface area contributed by atoms with Gasteiger partial charge in [-0.1, -0.05) is 13.0 Å². The molecular formula is C24H28F3N3O5. The van der Waals surface area contributed by atoms with Crippen molar-refractivity contribution in [2.24, 2.45) is 0 Å². The molecule has 1 unspecified atom stereocenters. The lowest BCUT2D eigenvalue weighted by Crippen LogP contribution is -2.45. The molecule has 0 radical (unpaired) electrons. The number of rotatable bonds is 6. The largest absolute Gasteiger partial charge is 0.444 e. The van der Waals surface area contributed by atoms with Crippen molar-refractivity contribution in [3.63, 3.8) is 0 Å². The smallest absolute Gasteiger partial charge is 0.421 e. The predicted octanol–water partition coefficient (Wildman–Crippen LogP) is 5.42. The van der Waals surface area contributed by atoms with E-state index in [1.54, 1.807) is 27.7 Å². The van der Waals surface area contributed by atoms with Crippen molar-refractivity contribution in [1.82, 2.24) is 10.3 Å². The van der Waals surface area contributed by atoms with Gasteiger partial charge in [0.25, 0.3) is 0 Å². The van der Waals surface area contributed by atoms with Gasteiger partial charge in [-0.2, -0.15) is 13.2 Å². The van der Waals surface area contributed by atoms with E-state index in [1.807, 2.05) is 0 Å². The normalized spacial score (nSPS) is 18.4. The van der Waals surface area contributed by atoms with Gasteiger partial charge in [-0.3, -0.25) is 4.79 Å². The van der Waals surface area contributed by atoms with Crippen LogP contribution in [0.25, 0.3) is 0 Å². The molecule has 0 saturated carbocycles. The van der Waals surface area contributed by atoms with Crippen LogP contribution in [0.15, 0.2) is 36.5 Å². The van der Waals surface area contributed by atoms with E-state index in [-0.39, 0.29) is 23.8 Å². The number of benzene rings is 1. The number of nitrogens with one attached hydrogen (secondary N) is 2. The topological polar surface area (TPSA) is 98.8 Å². The third-order valence-corrected chi connectivity index (χ3v) is 5.29. The minimum atomic E-state index is -4.58. The first-order chi connectivity index (χ1) is 16.2. The number of hydrogen-bond acceptors (Lipinski definition) is 6. The molecule has 2 aromatic rings. The van der Waals surface area contributed by atoms with E-state index in [0.717, 1.165) is 6.92 Å². The van der Waals surface area contributed by atoms with E-state index in [2.05, 4.69) is 15.6 Å². The number of nitrogens with zero attached hydrogens (tertiary/aromatic N) is 1. The van der Waals surface area contributed by atoms with Crippen molar-refractivity contribution in [1.29, 1.82) is 0 Å². The lowest BCUT2D eigenvalue weighted by atomic mass is 9.93. The van der Waals surface area contributed by atoms with Crippen LogP contribution < -0.4 is 15.4 Å². The van der Waals surface area contributed by atoms with Gasteiger partial charge in [0.2, 0.25) is 11.8 Å². The summed E-state index contributed by atoms with van der Waals surface area (Å²) in [7, 11) is 0. The lowest BCUT2D eigenvalue weighted by molar-refractivity contribution is -0.272.